The first kappa shape index (κ1) is 25.7. The number of hydrogen-bond donors (Lipinski definition) is 2. The second-order valence-corrected chi connectivity index (χ2v) is 10.5. The molecule has 3 atom stereocenters. The molecule has 2 amide bonds. The number of rotatable bonds is 8. The number of carbonyl (C=O) groups excluding carboxylic acids is 3. The molecule has 190 valence electrons. The maximum Gasteiger partial charge on any atom is 0.245 e. The van der Waals surface area contributed by atoms with Gasteiger partial charge in [0, 0.05) is 36.3 Å². The lowest BCUT2D eigenvalue weighted by Gasteiger charge is -2.35. The smallest absolute Gasteiger partial charge is 0.245 e. The van der Waals surface area contributed by atoms with Crippen LogP contribution in [0.1, 0.15) is 69.2 Å². The van der Waals surface area contributed by atoms with Crippen LogP contribution in [0, 0.1) is 5.92 Å². The van der Waals surface area contributed by atoms with Gasteiger partial charge >= 0.3 is 0 Å². The van der Waals surface area contributed by atoms with Crippen molar-refractivity contribution in [1.82, 2.24) is 20.1 Å². The van der Waals surface area contributed by atoms with Crippen LogP contribution in [0.4, 0.5) is 0 Å². The Labute approximate surface area is 212 Å². The zero-order chi connectivity index (χ0) is 25.1. The number of Topliss-reactive ketones (excluding diaryl/α,β-unsaturated/α-hetero) is 1. The van der Waals surface area contributed by atoms with Crippen molar-refractivity contribution >= 4 is 40.1 Å². The van der Waals surface area contributed by atoms with Crippen molar-refractivity contribution in [2.45, 2.75) is 83.5 Å². The summed E-state index contributed by atoms with van der Waals surface area (Å²) in [5.74, 6) is 0.0395. The molecule has 1 saturated carbocycles. The molecule has 0 spiro atoms. The number of fused-ring (bicyclic) bond motifs is 1. The molecule has 8 heteroatoms. The Morgan fingerprint density at radius 3 is 2.54 bits per heavy atom. The molecule has 1 saturated heterocycles. The maximum atomic E-state index is 13.9. The fourth-order valence-corrected chi connectivity index (χ4v) is 6.00. The maximum absolute atomic E-state index is 13.9. The highest BCUT2D eigenvalue weighted by Crippen LogP contribution is 2.32. The van der Waals surface area contributed by atoms with E-state index < -0.39 is 6.04 Å². The molecular formula is C27H37ClN4O3. The van der Waals surface area contributed by atoms with E-state index in [0.717, 1.165) is 49.4 Å². The Balaban J connectivity index is 1.60. The van der Waals surface area contributed by atoms with E-state index in [1.54, 1.807) is 14.0 Å². The van der Waals surface area contributed by atoms with Crippen molar-refractivity contribution in [3.05, 3.63) is 35.0 Å². The molecule has 4 rings (SSSR count). The predicted molar refractivity (Wildman–Crippen MR) is 139 cm³/mol. The average Bonchev–Trinajstić information content (AvgIpc) is 3.47. The van der Waals surface area contributed by atoms with Crippen molar-refractivity contribution in [1.29, 1.82) is 0 Å². The largest absolute Gasteiger partial charge is 0.343 e. The number of amides is 2. The van der Waals surface area contributed by atoms with Crippen molar-refractivity contribution in [3.8, 4) is 0 Å². The Morgan fingerprint density at radius 1 is 1.11 bits per heavy atom. The zero-order valence-corrected chi connectivity index (χ0v) is 21.7. The van der Waals surface area contributed by atoms with Crippen LogP contribution in [0.2, 0.25) is 5.02 Å². The van der Waals surface area contributed by atoms with Gasteiger partial charge in [0.05, 0.1) is 16.6 Å². The van der Waals surface area contributed by atoms with Crippen LogP contribution in [0.25, 0.3) is 10.9 Å². The lowest BCUT2D eigenvalue weighted by atomic mass is 9.83. The van der Waals surface area contributed by atoms with Gasteiger partial charge in [0.2, 0.25) is 11.8 Å². The Hall–Kier alpha value is -2.38. The van der Waals surface area contributed by atoms with E-state index in [1.165, 1.54) is 6.42 Å². The first-order valence-electron chi connectivity index (χ1n) is 12.9. The van der Waals surface area contributed by atoms with E-state index in [1.807, 2.05) is 40.8 Å². The van der Waals surface area contributed by atoms with Crippen molar-refractivity contribution in [2.75, 3.05) is 13.6 Å². The quantitative estimate of drug-likeness (QED) is 0.533. The number of hydrogen-bond acceptors (Lipinski definition) is 4. The van der Waals surface area contributed by atoms with Crippen LogP contribution in [-0.4, -0.2) is 58.8 Å². The molecule has 1 aliphatic carbocycles. The molecule has 0 radical (unpaired) electrons. The average molecular weight is 501 g/mol. The standard InChI is InChI=1S/C27H37ClN4O3/c1-17(29-3)26(34)30-24(19-9-5-4-6-10-19)27(35)32-14-8-11-20(32)15-31-16-22(18(2)33)21-12-7-13-23(28)25(21)31/h7,12-13,16-17,19-20,24,29H,4-6,8-11,14-15H2,1-3H3,(H,30,34). The Bertz CT molecular complexity index is 1090. The van der Waals surface area contributed by atoms with E-state index in [4.69, 9.17) is 11.6 Å². The molecule has 2 N–H and O–H groups in total. The first-order chi connectivity index (χ1) is 16.8. The van der Waals surface area contributed by atoms with Crippen LogP contribution in [0.15, 0.2) is 24.4 Å². The number of likely N-dealkylation sites (N-methyl/N-ethyl adjacent to an activating group) is 1. The number of carbonyl (C=O) groups is 3. The summed E-state index contributed by atoms with van der Waals surface area (Å²) >= 11 is 6.55. The summed E-state index contributed by atoms with van der Waals surface area (Å²) in [7, 11) is 1.75. The van der Waals surface area contributed by atoms with Gasteiger partial charge in [0.25, 0.3) is 0 Å². The minimum absolute atomic E-state index is 0.00546. The highest BCUT2D eigenvalue weighted by molar-refractivity contribution is 6.35. The second kappa shape index (κ2) is 11.1. The van der Waals surface area contributed by atoms with Crippen LogP contribution < -0.4 is 10.6 Å². The van der Waals surface area contributed by atoms with Gasteiger partial charge in [-0.25, -0.2) is 0 Å². The van der Waals surface area contributed by atoms with Gasteiger partial charge in [-0.2, -0.15) is 0 Å². The molecule has 1 aromatic heterocycles. The summed E-state index contributed by atoms with van der Waals surface area (Å²) in [6.45, 7) is 4.62. The van der Waals surface area contributed by atoms with E-state index in [-0.39, 0.29) is 35.6 Å². The van der Waals surface area contributed by atoms with Gasteiger partial charge in [-0.3, -0.25) is 14.4 Å². The van der Waals surface area contributed by atoms with Crippen molar-refractivity contribution < 1.29 is 14.4 Å². The predicted octanol–water partition coefficient (Wildman–Crippen LogP) is 4.16. The van der Waals surface area contributed by atoms with E-state index in [0.29, 0.717) is 23.7 Å². The minimum atomic E-state index is -0.503. The fourth-order valence-electron chi connectivity index (χ4n) is 5.72. The SMILES string of the molecule is CNC(C)C(=O)NC(C(=O)N1CCCC1Cn1cc(C(C)=O)c2cccc(Cl)c21)C1CCCCC1. The summed E-state index contributed by atoms with van der Waals surface area (Å²) in [6.07, 6.45) is 8.96. The third kappa shape index (κ3) is 5.41. The fraction of sp³-hybridized carbons (Fsp3) is 0.593. The van der Waals surface area contributed by atoms with Gasteiger partial charge in [-0.05, 0) is 58.6 Å². The summed E-state index contributed by atoms with van der Waals surface area (Å²) in [5, 5.41) is 7.51. The van der Waals surface area contributed by atoms with E-state index in [2.05, 4.69) is 10.6 Å². The minimum Gasteiger partial charge on any atom is -0.343 e. The molecule has 0 bridgehead atoms. The summed E-state index contributed by atoms with van der Waals surface area (Å²) in [4.78, 5) is 40.9. The number of nitrogens with one attached hydrogen (secondary N) is 2. The van der Waals surface area contributed by atoms with E-state index in [9.17, 15) is 14.4 Å². The van der Waals surface area contributed by atoms with Crippen LogP contribution in [-0.2, 0) is 16.1 Å². The van der Waals surface area contributed by atoms with Gasteiger partial charge in [-0.1, -0.05) is 43.0 Å². The number of likely N-dealkylation sites (tertiary alicyclic amines) is 1. The topological polar surface area (TPSA) is 83.4 Å². The van der Waals surface area contributed by atoms with E-state index >= 15 is 0 Å². The molecule has 7 nitrogen and oxygen atoms in total. The summed E-state index contributed by atoms with van der Waals surface area (Å²) in [6, 6.07) is 4.73. The number of ketones is 1. The van der Waals surface area contributed by atoms with Crippen LogP contribution >= 0.6 is 11.6 Å². The first-order valence-corrected chi connectivity index (χ1v) is 13.3. The van der Waals surface area contributed by atoms with Gasteiger partial charge in [0.1, 0.15) is 6.04 Å². The molecule has 1 aromatic carbocycles. The number of aromatic nitrogens is 1. The third-order valence-corrected chi connectivity index (χ3v) is 8.11. The molecule has 3 unspecified atom stereocenters. The van der Waals surface area contributed by atoms with Crippen LogP contribution in [0.3, 0.4) is 0 Å². The number of benzene rings is 1. The lowest BCUT2D eigenvalue weighted by Crippen LogP contribution is -2.56. The molecule has 2 aromatic rings. The number of nitrogens with zero attached hydrogens (tertiary/aromatic N) is 2. The van der Waals surface area contributed by atoms with Crippen molar-refractivity contribution in [3.63, 3.8) is 0 Å². The second-order valence-electron chi connectivity index (χ2n) is 10.1. The molecular weight excluding hydrogens is 464 g/mol. The highest BCUT2D eigenvalue weighted by Gasteiger charge is 2.39. The lowest BCUT2D eigenvalue weighted by molar-refractivity contribution is -0.139. The monoisotopic (exact) mass is 500 g/mol. The number of para-hydroxylation sites is 1. The summed E-state index contributed by atoms with van der Waals surface area (Å²) in [5.41, 5.74) is 1.48. The molecule has 2 aliphatic rings. The van der Waals surface area contributed by atoms with Crippen LogP contribution in [0.5, 0.6) is 0 Å². The number of halogens is 1. The van der Waals surface area contributed by atoms with Crippen molar-refractivity contribution in [2.24, 2.45) is 5.92 Å². The molecule has 2 fully saturated rings. The van der Waals surface area contributed by atoms with Gasteiger partial charge in [-0.15, -0.1) is 0 Å². The Kier molecular flexibility index (Phi) is 8.17. The molecule has 1 aliphatic heterocycles. The summed E-state index contributed by atoms with van der Waals surface area (Å²) < 4.78 is 2.03. The normalized spacial score (nSPS) is 20.7. The Morgan fingerprint density at radius 2 is 1.86 bits per heavy atom. The third-order valence-electron chi connectivity index (χ3n) is 7.81. The van der Waals surface area contributed by atoms with Gasteiger partial charge < -0.3 is 20.1 Å². The zero-order valence-electron chi connectivity index (χ0n) is 21.0. The molecule has 2 heterocycles. The van der Waals surface area contributed by atoms with Gasteiger partial charge in [0.15, 0.2) is 5.78 Å². The molecule has 35 heavy (non-hydrogen) atoms. The highest BCUT2D eigenvalue weighted by atomic mass is 35.5.